The van der Waals surface area contributed by atoms with E-state index in [9.17, 15) is 4.79 Å². The van der Waals surface area contributed by atoms with Gasteiger partial charge in [-0.1, -0.05) is 13.8 Å². The zero-order chi connectivity index (χ0) is 17.3. The molecule has 6 nitrogen and oxygen atoms in total. The van der Waals surface area contributed by atoms with Gasteiger partial charge in [-0.05, 0) is 38.9 Å². The Bertz CT molecular complexity index is 556. The van der Waals surface area contributed by atoms with Crippen molar-refractivity contribution in [3.05, 3.63) is 18.0 Å². The highest BCUT2D eigenvalue weighted by Gasteiger charge is 2.39. The molecule has 2 aliphatic rings. The van der Waals surface area contributed by atoms with Gasteiger partial charge >= 0.3 is 0 Å². The molecule has 0 N–H and O–H groups in total. The molecule has 0 atom stereocenters. The minimum absolute atomic E-state index is 0.118. The lowest BCUT2D eigenvalue weighted by molar-refractivity contribution is -0.00800. The van der Waals surface area contributed by atoms with Crippen LogP contribution in [-0.4, -0.2) is 82.2 Å². The summed E-state index contributed by atoms with van der Waals surface area (Å²) in [7, 11) is 4.06. The smallest absolute Gasteiger partial charge is 0.257 e. The van der Waals surface area contributed by atoms with Gasteiger partial charge in [0, 0.05) is 45.0 Å². The lowest BCUT2D eigenvalue weighted by Gasteiger charge is -2.50. The van der Waals surface area contributed by atoms with Crippen molar-refractivity contribution < 1.29 is 4.79 Å². The van der Waals surface area contributed by atoms with Crippen LogP contribution in [0.15, 0.2) is 12.4 Å². The van der Waals surface area contributed by atoms with Gasteiger partial charge in [-0.15, -0.1) is 0 Å². The van der Waals surface area contributed by atoms with E-state index in [1.807, 2.05) is 11.9 Å². The summed E-state index contributed by atoms with van der Waals surface area (Å²) in [6, 6.07) is 1.19. The third kappa shape index (κ3) is 3.81. The Morgan fingerprint density at radius 3 is 2.46 bits per heavy atom. The first-order valence-electron chi connectivity index (χ1n) is 9.16. The highest BCUT2D eigenvalue weighted by Crippen LogP contribution is 2.25. The second kappa shape index (κ2) is 7.23. The molecule has 0 radical (unpaired) electrons. The number of aromatic nitrogens is 2. The molecule has 3 heterocycles. The first-order valence-corrected chi connectivity index (χ1v) is 9.16. The fraction of sp³-hybridized carbons (Fsp3) is 0.778. The molecule has 0 saturated carbocycles. The largest absolute Gasteiger partial charge is 0.335 e. The fourth-order valence-electron chi connectivity index (χ4n) is 3.89. The first-order chi connectivity index (χ1) is 11.4. The highest BCUT2D eigenvalue weighted by atomic mass is 16.2. The van der Waals surface area contributed by atoms with Crippen LogP contribution in [0.25, 0.3) is 0 Å². The Hall–Kier alpha value is -1.40. The lowest BCUT2D eigenvalue weighted by atomic mass is 9.96. The molecular weight excluding hydrogens is 302 g/mol. The van der Waals surface area contributed by atoms with Crippen molar-refractivity contribution >= 4 is 5.91 Å². The molecule has 3 rings (SSSR count). The van der Waals surface area contributed by atoms with Crippen LogP contribution in [0.1, 0.15) is 37.0 Å². The second-order valence-corrected chi connectivity index (χ2v) is 7.89. The topological polar surface area (TPSA) is 44.6 Å². The molecule has 6 heteroatoms. The van der Waals surface area contributed by atoms with Crippen molar-refractivity contribution in [1.29, 1.82) is 0 Å². The van der Waals surface area contributed by atoms with Crippen LogP contribution in [0.4, 0.5) is 0 Å². The Balaban J connectivity index is 1.58. The third-order valence-electron chi connectivity index (χ3n) is 5.30. The number of nitrogens with zero attached hydrogens (tertiary/aromatic N) is 5. The summed E-state index contributed by atoms with van der Waals surface area (Å²) in [5, 5.41) is 4.11. The molecule has 0 aliphatic carbocycles. The molecule has 2 fully saturated rings. The van der Waals surface area contributed by atoms with Crippen molar-refractivity contribution in [3.8, 4) is 0 Å². The predicted molar refractivity (Wildman–Crippen MR) is 95.0 cm³/mol. The number of carbonyl (C=O) groups excluding carboxylic acids is 1. The van der Waals surface area contributed by atoms with Crippen LogP contribution in [0.5, 0.6) is 0 Å². The molecule has 1 aromatic rings. The van der Waals surface area contributed by atoms with Gasteiger partial charge in [-0.3, -0.25) is 14.4 Å². The number of hydrogen-bond acceptors (Lipinski definition) is 4. The molecule has 2 aliphatic heterocycles. The summed E-state index contributed by atoms with van der Waals surface area (Å²) in [5.74, 6) is 0.778. The number of aryl methyl sites for hydroxylation is 1. The van der Waals surface area contributed by atoms with Gasteiger partial charge < -0.3 is 9.80 Å². The average molecular weight is 333 g/mol. The van der Waals surface area contributed by atoms with Crippen LogP contribution >= 0.6 is 0 Å². The minimum Gasteiger partial charge on any atom is -0.335 e. The summed E-state index contributed by atoms with van der Waals surface area (Å²) in [4.78, 5) is 19.6. The molecule has 0 unspecified atom stereocenters. The van der Waals surface area contributed by atoms with Gasteiger partial charge in [-0.25, -0.2) is 0 Å². The molecule has 134 valence electrons. The number of likely N-dealkylation sites (tertiary alicyclic amines) is 2. The van der Waals surface area contributed by atoms with Crippen LogP contribution < -0.4 is 0 Å². The summed E-state index contributed by atoms with van der Waals surface area (Å²) in [6.07, 6.45) is 5.96. The van der Waals surface area contributed by atoms with E-state index < -0.39 is 0 Å². The average Bonchev–Trinajstić information content (AvgIpc) is 2.91. The summed E-state index contributed by atoms with van der Waals surface area (Å²) in [6.45, 7) is 9.79. The third-order valence-corrected chi connectivity index (χ3v) is 5.30. The van der Waals surface area contributed by atoms with Crippen molar-refractivity contribution in [2.24, 2.45) is 13.0 Å². The van der Waals surface area contributed by atoms with E-state index in [1.54, 1.807) is 17.1 Å². The normalized spacial score (nSPS) is 20.8. The number of amides is 1. The maximum absolute atomic E-state index is 12.5. The molecule has 0 spiro atoms. The van der Waals surface area contributed by atoms with Crippen molar-refractivity contribution in [1.82, 2.24) is 24.5 Å². The van der Waals surface area contributed by atoms with E-state index in [1.165, 1.54) is 25.9 Å². The SMILES string of the molecule is CC(C)CN(C1CCN(C)CC1)C1CN(C(=O)c2cnn(C)c2)C1. The zero-order valence-corrected chi connectivity index (χ0v) is 15.5. The summed E-state index contributed by atoms with van der Waals surface area (Å²) < 4.78 is 1.69. The van der Waals surface area contributed by atoms with Gasteiger partial charge in [0.25, 0.3) is 5.91 Å². The van der Waals surface area contributed by atoms with E-state index in [0.29, 0.717) is 23.6 Å². The maximum Gasteiger partial charge on any atom is 0.257 e. The van der Waals surface area contributed by atoms with Crippen LogP contribution in [0.3, 0.4) is 0 Å². The molecule has 1 aromatic heterocycles. The molecule has 2 saturated heterocycles. The number of carbonyl (C=O) groups is 1. The minimum atomic E-state index is 0.118. The van der Waals surface area contributed by atoms with Crippen LogP contribution in [0, 0.1) is 5.92 Å². The van der Waals surface area contributed by atoms with Gasteiger partial charge in [-0.2, -0.15) is 5.10 Å². The van der Waals surface area contributed by atoms with E-state index in [2.05, 4.69) is 35.8 Å². The molecule has 24 heavy (non-hydrogen) atoms. The Labute approximate surface area is 145 Å². The van der Waals surface area contributed by atoms with E-state index in [4.69, 9.17) is 0 Å². The second-order valence-electron chi connectivity index (χ2n) is 7.89. The van der Waals surface area contributed by atoms with Crippen LogP contribution in [0.2, 0.25) is 0 Å². The Kier molecular flexibility index (Phi) is 5.25. The number of hydrogen-bond donors (Lipinski definition) is 0. The predicted octanol–water partition coefficient (Wildman–Crippen LogP) is 1.30. The highest BCUT2D eigenvalue weighted by molar-refractivity contribution is 5.94. The molecule has 0 aromatic carbocycles. The van der Waals surface area contributed by atoms with E-state index >= 15 is 0 Å². The van der Waals surface area contributed by atoms with Gasteiger partial charge in [0.05, 0.1) is 11.8 Å². The molecule has 1 amide bonds. The fourth-order valence-corrected chi connectivity index (χ4v) is 3.89. The van der Waals surface area contributed by atoms with Crippen LogP contribution in [-0.2, 0) is 7.05 Å². The summed E-state index contributed by atoms with van der Waals surface area (Å²) >= 11 is 0. The number of rotatable bonds is 5. The van der Waals surface area contributed by atoms with Gasteiger partial charge in [0.1, 0.15) is 0 Å². The standard InChI is InChI=1S/C18H31N5O/c1-14(2)10-23(16-5-7-20(3)8-6-16)17-12-22(13-17)18(24)15-9-19-21(4)11-15/h9,11,14,16-17H,5-8,10,12-13H2,1-4H3. The molecule has 0 bridgehead atoms. The van der Waals surface area contributed by atoms with Crippen molar-refractivity contribution in [2.75, 3.05) is 39.8 Å². The quantitative estimate of drug-likeness (QED) is 0.815. The van der Waals surface area contributed by atoms with Gasteiger partial charge in [0.15, 0.2) is 0 Å². The summed E-state index contributed by atoms with van der Waals surface area (Å²) in [5.41, 5.74) is 0.700. The van der Waals surface area contributed by atoms with E-state index in [0.717, 1.165) is 19.6 Å². The monoisotopic (exact) mass is 333 g/mol. The van der Waals surface area contributed by atoms with Crippen molar-refractivity contribution in [2.45, 2.75) is 38.8 Å². The molecular formula is C18H31N5O. The Morgan fingerprint density at radius 1 is 1.25 bits per heavy atom. The number of piperidine rings is 1. The maximum atomic E-state index is 12.5. The van der Waals surface area contributed by atoms with Crippen molar-refractivity contribution in [3.63, 3.8) is 0 Å². The zero-order valence-electron chi connectivity index (χ0n) is 15.5. The Morgan fingerprint density at radius 2 is 1.92 bits per heavy atom. The van der Waals surface area contributed by atoms with Gasteiger partial charge in [0.2, 0.25) is 0 Å². The van der Waals surface area contributed by atoms with E-state index in [-0.39, 0.29) is 5.91 Å². The lowest BCUT2D eigenvalue weighted by Crippen LogP contribution is -2.64. The first kappa shape index (κ1) is 17.4.